The van der Waals surface area contributed by atoms with Gasteiger partial charge in [-0.15, -0.1) is 0 Å². The number of carbonyl (C=O) groups excluding carboxylic acids is 2. The van der Waals surface area contributed by atoms with E-state index >= 15 is 0 Å². The third-order valence-electron chi connectivity index (χ3n) is 5.34. The first kappa shape index (κ1) is 27.2. The number of hydrogen-bond acceptors (Lipinski definition) is 4. The number of hydrogen-bond donors (Lipinski definition) is 0. The summed E-state index contributed by atoms with van der Waals surface area (Å²) >= 11 is 0. The van der Waals surface area contributed by atoms with Crippen molar-refractivity contribution in [1.82, 2.24) is 0 Å². The highest BCUT2D eigenvalue weighted by atomic mass is 16.6. The predicted octanol–water partition coefficient (Wildman–Crippen LogP) is 8.02. The predicted molar refractivity (Wildman–Crippen MR) is 127 cm³/mol. The summed E-state index contributed by atoms with van der Waals surface area (Å²) in [5.41, 5.74) is 0.370. The number of esters is 2. The van der Waals surface area contributed by atoms with Crippen molar-refractivity contribution < 1.29 is 19.1 Å². The molecule has 0 radical (unpaired) electrons. The molecular formula is C27H44O4. The van der Waals surface area contributed by atoms with Crippen LogP contribution in [0.1, 0.15) is 118 Å². The van der Waals surface area contributed by atoms with Crippen LogP contribution in [0.2, 0.25) is 0 Å². The molecule has 31 heavy (non-hydrogen) atoms. The Kier molecular flexibility index (Phi) is 13.9. The van der Waals surface area contributed by atoms with Gasteiger partial charge in [-0.05, 0) is 36.8 Å². The fraction of sp³-hybridized carbons (Fsp3) is 0.704. The van der Waals surface area contributed by atoms with Gasteiger partial charge in [0.15, 0.2) is 11.5 Å². The fourth-order valence-electron chi connectivity index (χ4n) is 3.47. The molecule has 0 fully saturated rings. The summed E-state index contributed by atoms with van der Waals surface area (Å²) in [4.78, 5) is 24.4. The molecule has 0 aliphatic heterocycles. The Bertz CT molecular complexity index is 630. The molecule has 0 atom stereocenters. The molecule has 0 N–H and O–H groups in total. The lowest BCUT2D eigenvalue weighted by molar-refractivity contribution is -0.137. The molecule has 0 heterocycles. The van der Waals surface area contributed by atoms with Crippen molar-refractivity contribution >= 4 is 11.9 Å². The number of para-hydroxylation sites is 2. The number of carbonyl (C=O) groups is 2. The second kappa shape index (κ2) is 15.9. The average molecular weight is 433 g/mol. The van der Waals surface area contributed by atoms with Crippen molar-refractivity contribution in [2.45, 2.75) is 118 Å². The lowest BCUT2D eigenvalue weighted by atomic mass is 9.89. The second-order valence-electron chi connectivity index (χ2n) is 9.74. The Morgan fingerprint density at radius 2 is 1.10 bits per heavy atom. The first-order valence-electron chi connectivity index (χ1n) is 12.3. The van der Waals surface area contributed by atoms with E-state index in [2.05, 4.69) is 27.7 Å². The van der Waals surface area contributed by atoms with E-state index in [1.54, 1.807) is 24.3 Å². The minimum atomic E-state index is -0.272. The summed E-state index contributed by atoms with van der Waals surface area (Å²) in [6, 6.07) is 6.92. The molecule has 0 amide bonds. The van der Waals surface area contributed by atoms with E-state index in [1.165, 1.54) is 38.5 Å². The highest BCUT2D eigenvalue weighted by molar-refractivity contribution is 5.76. The summed E-state index contributed by atoms with van der Waals surface area (Å²) < 4.78 is 10.9. The molecule has 0 bridgehead atoms. The molecule has 1 rings (SSSR count). The molecule has 176 valence electrons. The van der Waals surface area contributed by atoms with Crippen molar-refractivity contribution in [3.05, 3.63) is 24.3 Å². The van der Waals surface area contributed by atoms with Gasteiger partial charge in [-0.3, -0.25) is 9.59 Å². The van der Waals surface area contributed by atoms with Gasteiger partial charge in [0.25, 0.3) is 0 Å². The largest absolute Gasteiger partial charge is 0.423 e. The monoisotopic (exact) mass is 432 g/mol. The molecule has 0 spiro atoms. The Morgan fingerprint density at radius 3 is 1.55 bits per heavy atom. The van der Waals surface area contributed by atoms with Crippen LogP contribution in [0.15, 0.2) is 24.3 Å². The van der Waals surface area contributed by atoms with E-state index in [4.69, 9.17) is 9.47 Å². The second-order valence-corrected chi connectivity index (χ2v) is 9.74. The first-order valence-corrected chi connectivity index (χ1v) is 12.3. The van der Waals surface area contributed by atoms with E-state index in [0.29, 0.717) is 29.8 Å². The van der Waals surface area contributed by atoms with Crippen molar-refractivity contribution in [2.24, 2.45) is 5.41 Å². The number of rotatable bonds is 16. The lowest BCUT2D eigenvalue weighted by Crippen LogP contribution is -2.12. The van der Waals surface area contributed by atoms with Crippen LogP contribution < -0.4 is 9.47 Å². The van der Waals surface area contributed by atoms with Crippen molar-refractivity contribution in [3.63, 3.8) is 0 Å². The van der Waals surface area contributed by atoms with E-state index in [9.17, 15) is 9.59 Å². The molecular weight excluding hydrogens is 388 g/mol. The van der Waals surface area contributed by atoms with Crippen LogP contribution in [0.5, 0.6) is 11.5 Å². The topological polar surface area (TPSA) is 52.6 Å². The highest BCUT2D eigenvalue weighted by Crippen LogP contribution is 2.28. The number of unbranched alkanes of at least 4 members (excludes halogenated alkanes) is 9. The molecule has 1 aromatic carbocycles. The first-order chi connectivity index (χ1) is 14.8. The Labute approximate surface area is 190 Å². The number of benzene rings is 1. The quantitative estimate of drug-likeness (QED) is 0.151. The van der Waals surface area contributed by atoms with Gasteiger partial charge in [0.1, 0.15) is 0 Å². The maximum Gasteiger partial charge on any atom is 0.311 e. The van der Waals surface area contributed by atoms with Gasteiger partial charge in [-0.1, -0.05) is 97.6 Å². The molecule has 0 aromatic heterocycles. The van der Waals surface area contributed by atoms with Crippen molar-refractivity contribution in [1.29, 1.82) is 0 Å². The normalized spacial score (nSPS) is 11.4. The highest BCUT2D eigenvalue weighted by Gasteiger charge is 2.13. The molecule has 0 aliphatic carbocycles. The Hall–Kier alpha value is -1.84. The maximum atomic E-state index is 12.2. The zero-order valence-corrected chi connectivity index (χ0v) is 20.3. The van der Waals surface area contributed by atoms with E-state index < -0.39 is 0 Å². The standard InChI is InChI=1S/C27H44O4/c1-5-6-7-8-9-10-13-20-25(28)30-23-18-15-16-19-24(23)31-26(29)21-14-11-12-17-22-27(2,3)4/h15-16,18-19H,5-14,17,20-22H2,1-4H3. The zero-order chi connectivity index (χ0) is 23.0. The smallest absolute Gasteiger partial charge is 0.311 e. The van der Waals surface area contributed by atoms with Crippen LogP contribution >= 0.6 is 0 Å². The van der Waals surface area contributed by atoms with Crippen LogP contribution in [-0.4, -0.2) is 11.9 Å². The number of ether oxygens (including phenoxy) is 2. The summed E-state index contributed by atoms with van der Waals surface area (Å²) in [5.74, 6) is 0.115. The molecule has 4 heteroatoms. The summed E-state index contributed by atoms with van der Waals surface area (Å²) in [5, 5.41) is 0. The van der Waals surface area contributed by atoms with Gasteiger partial charge in [-0.2, -0.15) is 0 Å². The molecule has 1 aromatic rings. The minimum Gasteiger partial charge on any atom is -0.423 e. The van der Waals surface area contributed by atoms with Gasteiger partial charge in [0.2, 0.25) is 0 Å². The van der Waals surface area contributed by atoms with Crippen molar-refractivity contribution in [2.75, 3.05) is 0 Å². The van der Waals surface area contributed by atoms with Gasteiger partial charge in [-0.25, -0.2) is 0 Å². The Balaban J connectivity index is 2.29. The molecule has 0 unspecified atom stereocenters. The molecule has 0 aliphatic rings. The van der Waals surface area contributed by atoms with E-state index in [1.807, 2.05) is 0 Å². The van der Waals surface area contributed by atoms with E-state index in [0.717, 1.165) is 38.5 Å². The van der Waals surface area contributed by atoms with Crippen molar-refractivity contribution in [3.8, 4) is 11.5 Å². The minimum absolute atomic E-state index is 0.268. The molecule has 0 saturated heterocycles. The molecule has 0 saturated carbocycles. The van der Waals surface area contributed by atoms with E-state index in [-0.39, 0.29) is 11.9 Å². The summed E-state index contributed by atoms with van der Waals surface area (Å²) in [6.45, 7) is 8.97. The summed E-state index contributed by atoms with van der Waals surface area (Å²) in [6.07, 6.45) is 14.2. The van der Waals surface area contributed by atoms with Crippen LogP contribution in [0.4, 0.5) is 0 Å². The summed E-state index contributed by atoms with van der Waals surface area (Å²) in [7, 11) is 0. The van der Waals surface area contributed by atoms with Crippen LogP contribution in [-0.2, 0) is 9.59 Å². The average Bonchev–Trinajstić information content (AvgIpc) is 2.70. The van der Waals surface area contributed by atoms with Gasteiger partial charge in [0.05, 0.1) is 0 Å². The lowest BCUT2D eigenvalue weighted by Gasteiger charge is -2.17. The third-order valence-corrected chi connectivity index (χ3v) is 5.34. The maximum absolute atomic E-state index is 12.2. The van der Waals surface area contributed by atoms with Crippen LogP contribution in [0.25, 0.3) is 0 Å². The third kappa shape index (κ3) is 14.7. The van der Waals surface area contributed by atoms with Gasteiger partial charge >= 0.3 is 11.9 Å². The van der Waals surface area contributed by atoms with Gasteiger partial charge < -0.3 is 9.47 Å². The Morgan fingerprint density at radius 1 is 0.677 bits per heavy atom. The SMILES string of the molecule is CCCCCCCCCC(=O)Oc1ccccc1OC(=O)CCCCCCC(C)(C)C. The van der Waals surface area contributed by atoms with Gasteiger partial charge in [0, 0.05) is 12.8 Å². The molecule has 4 nitrogen and oxygen atoms in total. The van der Waals surface area contributed by atoms with Crippen LogP contribution in [0, 0.1) is 5.41 Å². The fourth-order valence-corrected chi connectivity index (χ4v) is 3.47. The zero-order valence-electron chi connectivity index (χ0n) is 20.3. The van der Waals surface area contributed by atoms with Crippen LogP contribution in [0.3, 0.4) is 0 Å².